The van der Waals surface area contributed by atoms with Gasteiger partial charge in [-0.1, -0.05) is 0 Å². The summed E-state index contributed by atoms with van der Waals surface area (Å²) >= 11 is 0. The van der Waals surface area contributed by atoms with Gasteiger partial charge in [0, 0.05) is 6.42 Å². The van der Waals surface area contributed by atoms with Crippen molar-refractivity contribution in [3.63, 3.8) is 0 Å². The first-order chi connectivity index (χ1) is 9.01. The molecule has 0 aromatic heterocycles. The number of hydrogen-bond acceptors (Lipinski definition) is 2. The minimum Gasteiger partial charge on any atom is -0.285 e. The fourth-order valence-corrected chi connectivity index (χ4v) is 1.89. The SMILES string of the molecule is O=S(=O)(O)CC(F)C(F)C(F)C(F)C(F)C(F)CCF. The molecule has 20 heavy (non-hydrogen) atoms. The highest BCUT2D eigenvalue weighted by Gasteiger charge is 2.44. The molecule has 0 fully saturated rings. The largest absolute Gasteiger partial charge is 0.285 e. The first kappa shape index (κ1) is 19.4. The first-order valence-corrected chi connectivity index (χ1v) is 6.97. The van der Waals surface area contributed by atoms with Crippen molar-refractivity contribution in [1.29, 1.82) is 0 Å². The van der Waals surface area contributed by atoms with Crippen LogP contribution in [0.25, 0.3) is 0 Å². The maximum atomic E-state index is 13.1. The first-order valence-electron chi connectivity index (χ1n) is 5.36. The summed E-state index contributed by atoms with van der Waals surface area (Å²) in [6, 6.07) is 0. The van der Waals surface area contributed by atoms with Crippen LogP contribution in [0, 0.1) is 0 Å². The highest BCUT2D eigenvalue weighted by atomic mass is 32.2. The van der Waals surface area contributed by atoms with E-state index in [1.807, 2.05) is 0 Å². The highest BCUT2D eigenvalue weighted by Crippen LogP contribution is 2.25. The van der Waals surface area contributed by atoms with E-state index in [-0.39, 0.29) is 0 Å². The Morgan fingerprint density at radius 3 is 1.55 bits per heavy atom. The van der Waals surface area contributed by atoms with E-state index in [1.165, 1.54) is 0 Å². The third-order valence-electron chi connectivity index (χ3n) is 2.36. The Kier molecular flexibility index (Phi) is 7.78. The van der Waals surface area contributed by atoms with Crippen molar-refractivity contribution in [3.8, 4) is 0 Å². The van der Waals surface area contributed by atoms with Crippen molar-refractivity contribution in [2.45, 2.75) is 43.5 Å². The Bertz CT molecular complexity index is 380. The summed E-state index contributed by atoms with van der Waals surface area (Å²) in [5, 5.41) is 0. The van der Waals surface area contributed by atoms with Gasteiger partial charge in [-0.25, -0.2) is 26.3 Å². The van der Waals surface area contributed by atoms with Crippen LogP contribution in [0.2, 0.25) is 0 Å². The molecular weight excluding hydrogens is 321 g/mol. The van der Waals surface area contributed by atoms with Crippen LogP contribution >= 0.6 is 0 Å². The van der Waals surface area contributed by atoms with Gasteiger partial charge in [0.05, 0.1) is 6.67 Å². The molecule has 0 spiro atoms. The zero-order valence-electron chi connectivity index (χ0n) is 9.90. The van der Waals surface area contributed by atoms with Crippen LogP contribution in [0.4, 0.5) is 30.7 Å². The molecule has 11 heteroatoms. The van der Waals surface area contributed by atoms with E-state index in [1.54, 1.807) is 0 Å². The van der Waals surface area contributed by atoms with E-state index >= 15 is 0 Å². The third-order valence-corrected chi connectivity index (χ3v) is 3.10. The van der Waals surface area contributed by atoms with Gasteiger partial charge >= 0.3 is 0 Å². The van der Waals surface area contributed by atoms with Crippen molar-refractivity contribution >= 4 is 10.1 Å². The lowest BCUT2D eigenvalue weighted by Crippen LogP contribution is -2.44. The van der Waals surface area contributed by atoms with Crippen LogP contribution < -0.4 is 0 Å². The fourth-order valence-electron chi connectivity index (χ4n) is 1.31. The summed E-state index contributed by atoms with van der Waals surface area (Å²) in [4.78, 5) is 0. The average molecular weight is 334 g/mol. The standard InChI is InChI=1S/C9H13F7O3S/c10-2-1-4(11)6(13)8(15)9(16)7(14)5(12)3-20(17,18)19/h4-9H,1-3H2,(H,17,18,19). The van der Waals surface area contributed by atoms with Gasteiger partial charge in [-0.3, -0.25) is 8.94 Å². The summed E-state index contributed by atoms with van der Waals surface area (Å²) in [5.41, 5.74) is 0. The van der Waals surface area contributed by atoms with E-state index in [2.05, 4.69) is 0 Å². The van der Waals surface area contributed by atoms with Gasteiger partial charge < -0.3 is 0 Å². The second-order valence-electron chi connectivity index (χ2n) is 4.04. The normalized spacial score (nSPS) is 21.8. The van der Waals surface area contributed by atoms with E-state index in [0.29, 0.717) is 0 Å². The molecule has 1 N–H and O–H groups in total. The molecule has 0 radical (unpaired) electrons. The lowest BCUT2D eigenvalue weighted by molar-refractivity contribution is -0.0188. The van der Waals surface area contributed by atoms with Crippen LogP contribution in [0.3, 0.4) is 0 Å². The van der Waals surface area contributed by atoms with Crippen molar-refractivity contribution in [2.75, 3.05) is 12.4 Å². The molecule has 0 heterocycles. The van der Waals surface area contributed by atoms with E-state index < -0.39 is 66.0 Å². The van der Waals surface area contributed by atoms with Gasteiger partial charge in [-0.2, -0.15) is 8.42 Å². The zero-order valence-corrected chi connectivity index (χ0v) is 10.7. The Balaban J connectivity index is 4.66. The summed E-state index contributed by atoms with van der Waals surface area (Å²) in [7, 11) is -4.99. The minimum absolute atomic E-state index is 1.09. The van der Waals surface area contributed by atoms with Crippen molar-refractivity contribution in [1.82, 2.24) is 0 Å². The summed E-state index contributed by atoms with van der Waals surface area (Å²) in [5.74, 6) is -1.86. The van der Waals surface area contributed by atoms with E-state index in [9.17, 15) is 39.2 Å². The molecule has 6 atom stereocenters. The summed E-state index contributed by atoms with van der Waals surface area (Å²) < 4.78 is 118. The molecule has 3 nitrogen and oxygen atoms in total. The van der Waals surface area contributed by atoms with Gasteiger partial charge in [-0.05, 0) is 0 Å². The lowest BCUT2D eigenvalue weighted by atomic mass is 10.0. The molecule has 0 amide bonds. The number of halogens is 7. The molecule has 0 rings (SSSR count). The Labute approximate surface area is 110 Å². The molecule has 0 aliphatic heterocycles. The predicted molar refractivity (Wildman–Crippen MR) is 56.4 cm³/mol. The molecule has 0 aliphatic carbocycles. The summed E-state index contributed by atoms with van der Waals surface area (Å²) in [6.45, 7) is -1.36. The van der Waals surface area contributed by atoms with Gasteiger partial charge in [0.2, 0.25) is 0 Å². The van der Waals surface area contributed by atoms with Crippen molar-refractivity contribution in [2.24, 2.45) is 0 Å². The van der Waals surface area contributed by atoms with Gasteiger partial charge in [0.15, 0.2) is 30.9 Å². The van der Waals surface area contributed by atoms with Crippen molar-refractivity contribution in [3.05, 3.63) is 0 Å². The smallest absolute Gasteiger partial charge is 0.267 e. The summed E-state index contributed by atoms with van der Waals surface area (Å²) in [6.07, 6.45) is -20.6. The molecule has 6 unspecified atom stereocenters. The van der Waals surface area contributed by atoms with Crippen LogP contribution in [0.15, 0.2) is 0 Å². The van der Waals surface area contributed by atoms with Crippen LogP contribution in [0.1, 0.15) is 6.42 Å². The van der Waals surface area contributed by atoms with Crippen LogP contribution in [0.5, 0.6) is 0 Å². The second kappa shape index (κ2) is 8.01. The number of rotatable bonds is 9. The molecule has 0 saturated carbocycles. The molecule has 0 bridgehead atoms. The van der Waals surface area contributed by atoms with Gasteiger partial charge in [0.25, 0.3) is 10.1 Å². The Morgan fingerprint density at radius 1 is 0.800 bits per heavy atom. The molecule has 0 aliphatic rings. The molecule has 0 aromatic carbocycles. The fraction of sp³-hybridized carbons (Fsp3) is 1.00. The zero-order chi connectivity index (χ0) is 16.1. The Hall–Kier alpha value is -0.580. The highest BCUT2D eigenvalue weighted by molar-refractivity contribution is 7.85. The quantitative estimate of drug-likeness (QED) is 0.520. The van der Waals surface area contributed by atoms with Gasteiger partial charge in [-0.15, -0.1) is 0 Å². The van der Waals surface area contributed by atoms with Crippen LogP contribution in [-0.4, -0.2) is 62.4 Å². The van der Waals surface area contributed by atoms with E-state index in [0.717, 1.165) is 0 Å². The lowest BCUT2D eigenvalue weighted by Gasteiger charge is -2.23. The number of alkyl halides is 7. The monoisotopic (exact) mass is 334 g/mol. The Morgan fingerprint density at radius 2 is 1.20 bits per heavy atom. The number of hydrogen-bond donors (Lipinski definition) is 1. The molecular formula is C9H13F7O3S. The molecule has 122 valence electrons. The third kappa shape index (κ3) is 6.25. The van der Waals surface area contributed by atoms with Crippen molar-refractivity contribution < 1.29 is 43.7 Å². The minimum atomic E-state index is -4.99. The predicted octanol–water partition coefficient (Wildman–Crippen LogP) is 2.26. The second-order valence-corrected chi connectivity index (χ2v) is 5.53. The van der Waals surface area contributed by atoms with Gasteiger partial charge in [0.1, 0.15) is 11.9 Å². The molecule has 0 saturated heterocycles. The van der Waals surface area contributed by atoms with E-state index in [4.69, 9.17) is 4.55 Å². The average Bonchev–Trinajstić information content (AvgIpc) is 2.33. The topological polar surface area (TPSA) is 54.4 Å². The van der Waals surface area contributed by atoms with Crippen LogP contribution in [-0.2, 0) is 10.1 Å². The molecule has 0 aromatic rings. The maximum Gasteiger partial charge on any atom is 0.267 e. The maximum absolute atomic E-state index is 13.1.